The fourth-order valence-electron chi connectivity index (χ4n) is 3.48. The lowest BCUT2D eigenvalue weighted by molar-refractivity contribution is -0.142. The SMILES string of the molecule is Cn1cc([C@@H]2C[C@@H]2C(=O)N[C@H](Cc2c[nH]c3ccccc23)C(=O)O)cn1. The van der Waals surface area contributed by atoms with Crippen LogP contribution in [0.4, 0.5) is 0 Å². The number of nitrogens with zero attached hydrogens (tertiary/aromatic N) is 2. The molecule has 1 aliphatic rings. The lowest BCUT2D eigenvalue weighted by Gasteiger charge is -2.14. The third-order valence-electron chi connectivity index (χ3n) is 4.99. The highest BCUT2D eigenvalue weighted by Gasteiger charge is 2.45. The average molecular weight is 352 g/mol. The van der Waals surface area contributed by atoms with E-state index >= 15 is 0 Å². The van der Waals surface area contributed by atoms with E-state index < -0.39 is 12.0 Å². The second-order valence-electron chi connectivity index (χ2n) is 6.86. The van der Waals surface area contributed by atoms with Crippen molar-refractivity contribution in [2.45, 2.75) is 24.8 Å². The Bertz CT molecular complexity index is 974. The number of carboxylic acids is 1. The van der Waals surface area contributed by atoms with E-state index in [1.807, 2.05) is 43.7 Å². The molecule has 0 bridgehead atoms. The predicted octanol–water partition coefficient (Wildman–Crippen LogP) is 1.82. The fraction of sp³-hybridized carbons (Fsp3) is 0.316. The van der Waals surface area contributed by atoms with Gasteiger partial charge in [0.05, 0.1) is 6.20 Å². The average Bonchev–Trinajstić information content (AvgIpc) is 3.15. The summed E-state index contributed by atoms with van der Waals surface area (Å²) in [5.41, 5.74) is 2.86. The van der Waals surface area contributed by atoms with Crippen molar-refractivity contribution in [3.05, 3.63) is 54.0 Å². The third-order valence-corrected chi connectivity index (χ3v) is 4.99. The minimum absolute atomic E-state index is 0.131. The first kappa shape index (κ1) is 16.4. The van der Waals surface area contributed by atoms with Gasteiger partial charge in [0.15, 0.2) is 0 Å². The number of benzene rings is 1. The maximum absolute atomic E-state index is 12.5. The van der Waals surface area contributed by atoms with Crippen LogP contribution in [0.2, 0.25) is 0 Å². The summed E-state index contributed by atoms with van der Waals surface area (Å²) in [5.74, 6) is -1.27. The van der Waals surface area contributed by atoms with Crippen molar-refractivity contribution in [2.75, 3.05) is 0 Å². The lowest BCUT2D eigenvalue weighted by atomic mass is 10.0. The van der Waals surface area contributed by atoms with E-state index in [2.05, 4.69) is 15.4 Å². The van der Waals surface area contributed by atoms with Gasteiger partial charge in [0.25, 0.3) is 0 Å². The summed E-state index contributed by atoms with van der Waals surface area (Å²) in [4.78, 5) is 27.3. The van der Waals surface area contributed by atoms with Crippen LogP contribution in [-0.4, -0.2) is 37.8 Å². The molecular weight excluding hydrogens is 332 g/mol. The maximum atomic E-state index is 12.5. The summed E-state index contributed by atoms with van der Waals surface area (Å²) in [6, 6.07) is 6.77. The molecule has 134 valence electrons. The van der Waals surface area contributed by atoms with Gasteiger partial charge < -0.3 is 15.4 Å². The summed E-state index contributed by atoms with van der Waals surface area (Å²) in [6.45, 7) is 0. The molecule has 0 saturated heterocycles. The molecule has 2 aromatic heterocycles. The van der Waals surface area contributed by atoms with Crippen LogP contribution in [-0.2, 0) is 23.1 Å². The molecule has 0 unspecified atom stereocenters. The van der Waals surface area contributed by atoms with Gasteiger partial charge in [-0.1, -0.05) is 18.2 Å². The van der Waals surface area contributed by atoms with Crippen LogP contribution in [0.3, 0.4) is 0 Å². The van der Waals surface area contributed by atoms with Gasteiger partial charge in [0.1, 0.15) is 6.04 Å². The number of aromatic amines is 1. The highest BCUT2D eigenvalue weighted by atomic mass is 16.4. The standard InChI is InChI=1S/C19H20N4O3/c1-23-10-12(9-21-23)14-7-15(14)18(24)22-17(19(25)26)6-11-8-20-16-5-3-2-4-13(11)16/h2-5,8-10,14-15,17,20H,6-7H2,1H3,(H,22,24)(H,25,26)/t14-,15-,17+/m0/s1. The van der Waals surface area contributed by atoms with Crippen LogP contribution >= 0.6 is 0 Å². The van der Waals surface area contributed by atoms with E-state index in [4.69, 9.17) is 0 Å². The van der Waals surface area contributed by atoms with Gasteiger partial charge in [-0.25, -0.2) is 4.79 Å². The van der Waals surface area contributed by atoms with Gasteiger partial charge >= 0.3 is 5.97 Å². The van der Waals surface area contributed by atoms with Crippen molar-refractivity contribution < 1.29 is 14.7 Å². The number of amides is 1. The molecule has 3 N–H and O–H groups in total. The van der Waals surface area contributed by atoms with Crippen LogP contribution in [0, 0.1) is 5.92 Å². The molecule has 26 heavy (non-hydrogen) atoms. The predicted molar refractivity (Wildman–Crippen MR) is 95.6 cm³/mol. The van der Waals surface area contributed by atoms with E-state index in [1.54, 1.807) is 10.9 Å². The van der Waals surface area contributed by atoms with Crippen molar-refractivity contribution in [1.29, 1.82) is 0 Å². The number of rotatable bonds is 6. The van der Waals surface area contributed by atoms with Crippen molar-refractivity contribution in [1.82, 2.24) is 20.1 Å². The van der Waals surface area contributed by atoms with E-state index in [0.717, 1.165) is 28.5 Å². The Labute approximate surface area is 150 Å². The van der Waals surface area contributed by atoms with Crippen LogP contribution in [0.1, 0.15) is 23.5 Å². The number of carboxylic acid groups (broad SMARTS) is 1. The Morgan fingerprint density at radius 3 is 2.96 bits per heavy atom. The molecule has 3 aromatic rings. The Morgan fingerprint density at radius 1 is 1.42 bits per heavy atom. The molecule has 0 spiro atoms. The molecule has 3 atom stereocenters. The molecule has 1 aromatic carbocycles. The van der Waals surface area contributed by atoms with Gasteiger partial charge in [-0.3, -0.25) is 9.48 Å². The number of hydrogen-bond acceptors (Lipinski definition) is 3. The zero-order valence-electron chi connectivity index (χ0n) is 14.3. The summed E-state index contributed by atoms with van der Waals surface area (Å²) in [6.07, 6.45) is 6.45. The summed E-state index contributed by atoms with van der Waals surface area (Å²) in [7, 11) is 1.84. The van der Waals surface area contributed by atoms with Crippen LogP contribution in [0.5, 0.6) is 0 Å². The highest BCUT2D eigenvalue weighted by molar-refractivity contribution is 5.89. The Morgan fingerprint density at radius 2 is 2.23 bits per heavy atom. The second kappa shape index (κ2) is 6.33. The second-order valence-corrected chi connectivity index (χ2v) is 6.86. The minimum Gasteiger partial charge on any atom is -0.480 e. The van der Waals surface area contributed by atoms with Gasteiger partial charge in [-0.15, -0.1) is 0 Å². The Hall–Kier alpha value is -3.09. The molecular formula is C19H20N4O3. The first-order valence-corrected chi connectivity index (χ1v) is 8.59. The van der Waals surface area contributed by atoms with Crippen molar-refractivity contribution in [3.8, 4) is 0 Å². The van der Waals surface area contributed by atoms with E-state index in [0.29, 0.717) is 0 Å². The first-order chi connectivity index (χ1) is 12.5. The topological polar surface area (TPSA) is 100 Å². The van der Waals surface area contributed by atoms with Gasteiger partial charge in [0.2, 0.25) is 5.91 Å². The van der Waals surface area contributed by atoms with Gasteiger partial charge in [-0.05, 0) is 29.5 Å². The van der Waals surface area contributed by atoms with E-state index in [9.17, 15) is 14.7 Å². The van der Waals surface area contributed by atoms with Crippen molar-refractivity contribution >= 4 is 22.8 Å². The van der Waals surface area contributed by atoms with Crippen molar-refractivity contribution in [3.63, 3.8) is 0 Å². The third kappa shape index (κ3) is 3.08. The normalized spacial score (nSPS) is 20.0. The van der Waals surface area contributed by atoms with Crippen LogP contribution < -0.4 is 5.32 Å². The van der Waals surface area contributed by atoms with Crippen molar-refractivity contribution in [2.24, 2.45) is 13.0 Å². The minimum atomic E-state index is -1.03. The number of carbonyl (C=O) groups excluding carboxylic acids is 1. The summed E-state index contributed by atoms with van der Waals surface area (Å²) >= 11 is 0. The smallest absolute Gasteiger partial charge is 0.326 e. The Balaban J connectivity index is 1.44. The molecule has 1 fully saturated rings. The molecule has 7 nitrogen and oxygen atoms in total. The Kier molecular flexibility index (Phi) is 3.99. The number of aliphatic carboxylic acids is 1. The highest BCUT2D eigenvalue weighted by Crippen LogP contribution is 2.47. The molecule has 1 saturated carbocycles. The van der Waals surface area contributed by atoms with Gasteiger partial charge in [-0.2, -0.15) is 5.10 Å². The van der Waals surface area contributed by atoms with Crippen LogP contribution in [0.15, 0.2) is 42.9 Å². The molecule has 4 rings (SSSR count). The summed E-state index contributed by atoms with van der Waals surface area (Å²) in [5, 5.41) is 17.4. The van der Waals surface area contributed by atoms with E-state index in [-0.39, 0.29) is 24.2 Å². The number of para-hydroxylation sites is 1. The zero-order chi connectivity index (χ0) is 18.3. The maximum Gasteiger partial charge on any atom is 0.326 e. The summed E-state index contributed by atoms with van der Waals surface area (Å²) < 4.78 is 1.71. The molecule has 1 aliphatic carbocycles. The number of H-pyrrole nitrogens is 1. The number of fused-ring (bicyclic) bond motifs is 1. The number of aromatic nitrogens is 3. The number of aryl methyl sites for hydroxylation is 1. The van der Waals surface area contributed by atoms with Gasteiger partial charge in [0, 0.05) is 42.7 Å². The number of hydrogen-bond donors (Lipinski definition) is 3. The van der Waals surface area contributed by atoms with E-state index in [1.165, 1.54) is 0 Å². The number of nitrogens with one attached hydrogen (secondary N) is 2. The zero-order valence-corrected chi connectivity index (χ0v) is 14.3. The lowest BCUT2D eigenvalue weighted by Crippen LogP contribution is -2.43. The molecule has 1 amide bonds. The first-order valence-electron chi connectivity index (χ1n) is 8.59. The molecule has 7 heteroatoms. The number of carbonyl (C=O) groups is 2. The molecule has 2 heterocycles. The fourth-order valence-corrected chi connectivity index (χ4v) is 3.48. The monoisotopic (exact) mass is 352 g/mol. The molecule has 0 aliphatic heterocycles. The largest absolute Gasteiger partial charge is 0.480 e. The molecule has 0 radical (unpaired) electrons. The van der Waals surface area contributed by atoms with Crippen LogP contribution in [0.25, 0.3) is 10.9 Å². The quantitative estimate of drug-likeness (QED) is 0.630.